The Bertz CT molecular complexity index is 844. The van der Waals surface area contributed by atoms with E-state index in [1.165, 1.54) is 12.1 Å². The molecular formula is C17H14ClN3O4. The number of nitrogens with two attached hydrogens (primary N) is 1. The Kier molecular flexibility index (Phi) is 6.20. The van der Waals surface area contributed by atoms with Crippen LogP contribution in [-0.2, 0) is 11.3 Å². The predicted octanol–water partition coefficient (Wildman–Crippen LogP) is 3.11. The molecule has 0 aliphatic carbocycles. The van der Waals surface area contributed by atoms with Crippen LogP contribution in [-0.4, -0.2) is 17.6 Å². The van der Waals surface area contributed by atoms with Crippen LogP contribution in [0.3, 0.4) is 0 Å². The van der Waals surface area contributed by atoms with Crippen LogP contribution in [0, 0.1) is 22.0 Å². The molecule has 2 rings (SSSR count). The van der Waals surface area contributed by atoms with Crippen molar-refractivity contribution in [2.45, 2.75) is 6.61 Å². The molecule has 1 amide bonds. The minimum absolute atomic E-state index is 0.00211. The van der Waals surface area contributed by atoms with Gasteiger partial charge in [0.15, 0.2) is 0 Å². The zero-order valence-corrected chi connectivity index (χ0v) is 13.7. The molecule has 0 radical (unpaired) electrons. The van der Waals surface area contributed by atoms with Crippen molar-refractivity contribution in [1.29, 1.82) is 0 Å². The van der Waals surface area contributed by atoms with Crippen LogP contribution >= 0.6 is 11.6 Å². The van der Waals surface area contributed by atoms with Crippen molar-refractivity contribution >= 4 is 29.1 Å². The molecule has 0 bridgehead atoms. The third kappa shape index (κ3) is 5.41. The fraction of sp³-hybridized carbons (Fsp3) is 0.118. The molecule has 25 heavy (non-hydrogen) atoms. The van der Waals surface area contributed by atoms with Crippen molar-refractivity contribution in [2.24, 2.45) is 0 Å². The van der Waals surface area contributed by atoms with Gasteiger partial charge in [0.05, 0.1) is 22.1 Å². The Morgan fingerprint density at radius 1 is 1.32 bits per heavy atom. The maximum atomic E-state index is 11.5. The predicted molar refractivity (Wildman–Crippen MR) is 94.0 cm³/mol. The maximum absolute atomic E-state index is 11.5. The van der Waals surface area contributed by atoms with Gasteiger partial charge < -0.3 is 15.8 Å². The number of amides is 1. The quantitative estimate of drug-likeness (QED) is 0.377. The normalized spacial score (nSPS) is 9.64. The number of nitro groups is 1. The van der Waals surface area contributed by atoms with Gasteiger partial charge in [0.1, 0.15) is 12.3 Å². The first-order valence-corrected chi connectivity index (χ1v) is 7.52. The van der Waals surface area contributed by atoms with Crippen molar-refractivity contribution in [1.82, 2.24) is 5.32 Å². The van der Waals surface area contributed by atoms with Crippen molar-refractivity contribution in [2.75, 3.05) is 12.3 Å². The third-order valence-corrected chi connectivity index (χ3v) is 3.38. The van der Waals surface area contributed by atoms with Gasteiger partial charge in [-0.15, -0.1) is 0 Å². The SMILES string of the molecule is Nc1cc(Cl)c(C#CCNC(=O)OCc2ccccc2)cc1[N+](=O)[O-]. The van der Waals surface area contributed by atoms with Gasteiger partial charge >= 0.3 is 6.09 Å². The average molecular weight is 360 g/mol. The van der Waals surface area contributed by atoms with Crippen LogP contribution in [0.25, 0.3) is 0 Å². The number of benzene rings is 2. The van der Waals surface area contributed by atoms with Gasteiger partial charge in [-0.2, -0.15) is 0 Å². The van der Waals surface area contributed by atoms with Crippen molar-refractivity contribution in [3.05, 3.63) is 68.7 Å². The van der Waals surface area contributed by atoms with Crippen LogP contribution in [0.5, 0.6) is 0 Å². The third-order valence-electron chi connectivity index (χ3n) is 3.07. The van der Waals surface area contributed by atoms with Gasteiger partial charge in [-0.3, -0.25) is 10.1 Å². The lowest BCUT2D eigenvalue weighted by molar-refractivity contribution is -0.383. The van der Waals surface area contributed by atoms with E-state index < -0.39 is 11.0 Å². The summed E-state index contributed by atoms with van der Waals surface area (Å²) >= 11 is 5.95. The summed E-state index contributed by atoms with van der Waals surface area (Å²) in [5.74, 6) is 5.30. The number of nitro benzene ring substituents is 1. The van der Waals surface area contributed by atoms with E-state index in [9.17, 15) is 14.9 Å². The first-order chi connectivity index (χ1) is 12.0. The van der Waals surface area contributed by atoms with Crippen LogP contribution < -0.4 is 11.1 Å². The molecule has 8 heteroatoms. The van der Waals surface area contributed by atoms with Crippen LogP contribution in [0.2, 0.25) is 5.02 Å². The van der Waals surface area contributed by atoms with Crippen LogP contribution in [0.4, 0.5) is 16.2 Å². The summed E-state index contributed by atoms with van der Waals surface area (Å²) < 4.78 is 5.02. The summed E-state index contributed by atoms with van der Waals surface area (Å²) in [6, 6.07) is 11.7. The number of nitrogens with zero attached hydrogens (tertiary/aromatic N) is 1. The molecule has 0 spiro atoms. The van der Waals surface area contributed by atoms with Gasteiger partial charge in [0.2, 0.25) is 0 Å². The molecule has 0 fully saturated rings. The Balaban J connectivity index is 1.89. The number of ether oxygens (including phenoxy) is 1. The number of nitrogen functional groups attached to an aromatic ring is 1. The molecule has 2 aromatic carbocycles. The fourth-order valence-electron chi connectivity index (χ4n) is 1.86. The Morgan fingerprint density at radius 2 is 2.04 bits per heavy atom. The van der Waals surface area contributed by atoms with Crippen LogP contribution in [0.1, 0.15) is 11.1 Å². The van der Waals surface area contributed by atoms with E-state index in [1.54, 1.807) is 0 Å². The molecule has 0 unspecified atom stereocenters. The second kappa shape index (κ2) is 8.57. The molecule has 2 aromatic rings. The van der Waals surface area contributed by atoms with E-state index in [1.807, 2.05) is 30.3 Å². The lowest BCUT2D eigenvalue weighted by atomic mass is 10.2. The molecule has 0 saturated carbocycles. The van der Waals surface area contributed by atoms with Crippen molar-refractivity contribution < 1.29 is 14.5 Å². The van der Waals surface area contributed by atoms with E-state index in [-0.39, 0.29) is 35.1 Å². The summed E-state index contributed by atoms with van der Waals surface area (Å²) in [5, 5.41) is 13.5. The van der Waals surface area contributed by atoms with E-state index in [0.717, 1.165) is 5.56 Å². The minimum Gasteiger partial charge on any atom is -0.445 e. The lowest BCUT2D eigenvalue weighted by Crippen LogP contribution is -2.24. The average Bonchev–Trinajstić information content (AvgIpc) is 2.59. The highest BCUT2D eigenvalue weighted by atomic mass is 35.5. The summed E-state index contributed by atoms with van der Waals surface area (Å²) in [6.45, 7) is 0.151. The highest BCUT2D eigenvalue weighted by Gasteiger charge is 2.14. The number of carbonyl (C=O) groups excluding carboxylic acids is 1. The summed E-state index contributed by atoms with van der Waals surface area (Å²) in [6.07, 6.45) is -0.618. The standard InChI is InChI=1S/C17H14ClN3O4/c18-14-10-15(19)16(21(23)24)9-13(14)7-4-8-20-17(22)25-11-12-5-2-1-3-6-12/h1-3,5-6,9-10H,8,11,19H2,(H,20,22). The highest BCUT2D eigenvalue weighted by Crippen LogP contribution is 2.28. The van der Waals surface area contributed by atoms with E-state index in [0.29, 0.717) is 0 Å². The van der Waals surface area contributed by atoms with Crippen LogP contribution in [0.15, 0.2) is 42.5 Å². The molecule has 0 aliphatic heterocycles. The monoisotopic (exact) mass is 359 g/mol. The number of alkyl carbamates (subject to hydrolysis) is 1. The largest absolute Gasteiger partial charge is 0.445 e. The first kappa shape index (κ1) is 18.1. The summed E-state index contributed by atoms with van der Waals surface area (Å²) in [5.41, 5.74) is 6.32. The van der Waals surface area contributed by atoms with Gasteiger partial charge in [-0.05, 0) is 11.6 Å². The Morgan fingerprint density at radius 3 is 2.72 bits per heavy atom. The molecule has 3 N–H and O–H groups in total. The number of halogens is 1. The smallest absolute Gasteiger partial charge is 0.408 e. The number of rotatable bonds is 4. The zero-order valence-electron chi connectivity index (χ0n) is 13.0. The van der Waals surface area contributed by atoms with Gasteiger partial charge in [0, 0.05) is 6.07 Å². The number of hydrogen-bond acceptors (Lipinski definition) is 5. The van der Waals surface area contributed by atoms with Gasteiger partial charge in [-0.25, -0.2) is 4.79 Å². The number of hydrogen-bond donors (Lipinski definition) is 2. The highest BCUT2D eigenvalue weighted by molar-refractivity contribution is 6.32. The number of carbonyl (C=O) groups is 1. The van der Waals surface area contributed by atoms with E-state index in [2.05, 4.69) is 17.2 Å². The van der Waals surface area contributed by atoms with E-state index in [4.69, 9.17) is 22.1 Å². The first-order valence-electron chi connectivity index (χ1n) is 7.14. The maximum Gasteiger partial charge on any atom is 0.408 e. The topological polar surface area (TPSA) is 107 Å². The van der Waals surface area contributed by atoms with Crippen molar-refractivity contribution in [3.63, 3.8) is 0 Å². The molecule has 0 aromatic heterocycles. The second-order valence-electron chi connectivity index (χ2n) is 4.87. The minimum atomic E-state index is -0.618. The molecule has 0 saturated heterocycles. The Hall–Kier alpha value is -3.24. The molecule has 0 aliphatic rings. The molecule has 0 atom stereocenters. The van der Waals surface area contributed by atoms with E-state index >= 15 is 0 Å². The lowest BCUT2D eigenvalue weighted by Gasteiger charge is -2.04. The van der Waals surface area contributed by atoms with Gasteiger partial charge in [-0.1, -0.05) is 53.8 Å². The number of nitrogens with one attached hydrogen (secondary N) is 1. The molecule has 128 valence electrons. The molecule has 0 heterocycles. The molecule has 7 nitrogen and oxygen atoms in total. The summed E-state index contributed by atoms with van der Waals surface area (Å²) in [4.78, 5) is 21.8. The molecular weight excluding hydrogens is 346 g/mol. The summed E-state index contributed by atoms with van der Waals surface area (Å²) in [7, 11) is 0. The second-order valence-corrected chi connectivity index (χ2v) is 5.27. The fourth-order valence-corrected chi connectivity index (χ4v) is 2.08. The Labute approximate surface area is 148 Å². The van der Waals surface area contributed by atoms with Crippen molar-refractivity contribution in [3.8, 4) is 11.8 Å². The van der Waals surface area contributed by atoms with Gasteiger partial charge in [0.25, 0.3) is 5.69 Å². The number of anilines is 1. The zero-order chi connectivity index (χ0) is 18.2.